The second-order valence-corrected chi connectivity index (χ2v) is 7.51. The minimum Gasteiger partial charge on any atom is -0.493 e. The van der Waals surface area contributed by atoms with Crippen molar-refractivity contribution >= 4 is 37.5 Å². The highest BCUT2D eigenvalue weighted by atomic mass is 79.9. The third-order valence-corrected chi connectivity index (χ3v) is 4.97. The van der Waals surface area contributed by atoms with E-state index in [2.05, 4.69) is 43.2 Å². The monoisotopic (exact) mass is 475 g/mol. The molecule has 0 amide bonds. The Morgan fingerprint density at radius 2 is 1.62 bits per heavy atom. The molecule has 0 aliphatic rings. The molecule has 5 heteroatoms. The Labute approximate surface area is 170 Å². The molecule has 0 aromatic heterocycles. The highest BCUT2D eigenvalue weighted by Crippen LogP contribution is 2.37. The second kappa shape index (κ2) is 9.10. The molecule has 3 nitrogen and oxygen atoms in total. The summed E-state index contributed by atoms with van der Waals surface area (Å²) in [6.07, 6.45) is 0. The van der Waals surface area contributed by atoms with E-state index in [1.807, 2.05) is 60.7 Å². The maximum Gasteiger partial charge on any atom is 0.175 e. The van der Waals surface area contributed by atoms with Gasteiger partial charge in [0.25, 0.3) is 0 Å². The highest BCUT2D eigenvalue weighted by Gasteiger charge is 2.12. The van der Waals surface area contributed by atoms with E-state index in [9.17, 15) is 0 Å². The van der Waals surface area contributed by atoms with Gasteiger partial charge in [0.05, 0.1) is 11.6 Å². The molecule has 134 valence electrons. The van der Waals surface area contributed by atoms with E-state index < -0.39 is 0 Å². The Bertz CT molecular complexity index is 852. The summed E-state index contributed by atoms with van der Waals surface area (Å²) in [4.78, 5) is 0. The fourth-order valence-corrected chi connectivity index (χ4v) is 3.39. The first-order valence-corrected chi connectivity index (χ1v) is 9.77. The molecule has 0 saturated carbocycles. The topological polar surface area (TPSA) is 30.5 Å². The molecular weight excluding hydrogens is 458 g/mol. The van der Waals surface area contributed by atoms with Crippen LogP contribution >= 0.6 is 31.9 Å². The molecule has 0 aliphatic heterocycles. The number of benzene rings is 3. The number of hydrogen-bond acceptors (Lipinski definition) is 3. The summed E-state index contributed by atoms with van der Waals surface area (Å²) >= 11 is 7.05. The van der Waals surface area contributed by atoms with Crippen LogP contribution in [0.2, 0.25) is 0 Å². The van der Waals surface area contributed by atoms with Crippen LogP contribution in [0, 0.1) is 0 Å². The number of nitrogens with one attached hydrogen (secondary N) is 1. The largest absolute Gasteiger partial charge is 0.493 e. The van der Waals surface area contributed by atoms with E-state index in [4.69, 9.17) is 9.47 Å². The molecule has 3 aromatic rings. The molecular formula is C21H19Br2NO2. The quantitative estimate of drug-likeness (QED) is 0.427. The van der Waals surface area contributed by atoms with E-state index in [-0.39, 0.29) is 0 Å². The minimum absolute atomic E-state index is 0.492. The van der Waals surface area contributed by atoms with Crippen molar-refractivity contribution in [2.45, 2.75) is 13.2 Å². The molecule has 0 heterocycles. The van der Waals surface area contributed by atoms with Gasteiger partial charge >= 0.3 is 0 Å². The van der Waals surface area contributed by atoms with Crippen LogP contribution in [-0.2, 0) is 13.2 Å². The minimum atomic E-state index is 0.492. The van der Waals surface area contributed by atoms with Crippen LogP contribution in [0.5, 0.6) is 11.5 Å². The zero-order valence-electron chi connectivity index (χ0n) is 14.3. The second-order valence-electron chi connectivity index (χ2n) is 5.74. The molecule has 0 spiro atoms. The molecule has 0 aliphatic carbocycles. The lowest BCUT2D eigenvalue weighted by Crippen LogP contribution is -2.02. The standard InChI is InChI=1S/C21H19Br2NO2/c1-25-20-12-16(13-24-18-9-7-17(22)8-10-18)11-19(23)21(20)26-14-15-5-3-2-4-6-15/h2-12,24H,13-14H2,1H3. The van der Waals surface area contributed by atoms with E-state index in [1.165, 1.54) is 0 Å². The Balaban J connectivity index is 1.70. The number of rotatable bonds is 7. The fraction of sp³-hybridized carbons (Fsp3) is 0.143. The van der Waals surface area contributed by atoms with Gasteiger partial charge < -0.3 is 14.8 Å². The maximum atomic E-state index is 5.98. The highest BCUT2D eigenvalue weighted by molar-refractivity contribution is 9.10. The van der Waals surface area contributed by atoms with Crippen molar-refractivity contribution in [2.24, 2.45) is 0 Å². The van der Waals surface area contributed by atoms with E-state index in [0.29, 0.717) is 24.7 Å². The molecule has 0 saturated heterocycles. The summed E-state index contributed by atoms with van der Waals surface area (Å²) in [7, 11) is 1.66. The summed E-state index contributed by atoms with van der Waals surface area (Å²) < 4.78 is 13.5. The normalized spacial score (nSPS) is 10.4. The lowest BCUT2D eigenvalue weighted by atomic mass is 10.2. The first kappa shape index (κ1) is 18.8. The molecule has 0 atom stereocenters. The molecule has 3 aromatic carbocycles. The SMILES string of the molecule is COc1cc(CNc2ccc(Br)cc2)cc(Br)c1OCc1ccccc1. The van der Waals surface area contributed by atoms with Gasteiger partial charge in [0.1, 0.15) is 6.61 Å². The lowest BCUT2D eigenvalue weighted by Gasteiger charge is -2.15. The first-order chi connectivity index (χ1) is 12.7. The van der Waals surface area contributed by atoms with Crippen LogP contribution in [0.25, 0.3) is 0 Å². The predicted molar refractivity (Wildman–Crippen MR) is 113 cm³/mol. The lowest BCUT2D eigenvalue weighted by molar-refractivity contribution is 0.282. The van der Waals surface area contributed by atoms with Gasteiger partial charge in [-0.1, -0.05) is 46.3 Å². The number of methoxy groups -OCH3 is 1. The molecule has 0 radical (unpaired) electrons. The zero-order chi connectivity index (χ0) is 18.4. The van der Waals surface area contributed by atoms with Crippen molar-refractivity contribution < 1.29 is 9.47 Å². The van der Waals surface area contributed by atoms with Crippen LogP contribution in [0.4, 0.5) is 5.69 Å². The number of anilines is 1. The number of halogens is 2. The molecule has 3 rings (SSSR count). The van der Waals surface area contributed by atoms with Crippen molar-refractivity contribution in [3.05, 3.63) is 86.8 Å². The Morgan fingerprint density at radius 3 is 2.31 bits per heavy atom. The van der Waals surface area contributed by atoms with Gasteiger partial charge in [0.2, 0.25) is 0 Å². The maximum absolute atomic E-state index is 5.98. The first-order valence-electron chi connectivity index (χ1n) is 8.18. The van der Waals surface area contributed by atoms with Crippen molar-refractivity contribution in [1.82, 2.24) is 0 Å². The molecule has 26 heavy (non-hydrogen) atoms. The molecule has 0 fully saturated rings. The van der Waals surface area contributed by atoms with Crippen LogP contribution in [0.1, 0.15) is 11.1 Å². The Kier molecular flexibility index (Phi) is 6.58. The van der Waals surface area contributed by atoms with Gasteiger partial charge in [-0.3, -0.25) is 0 Å². The van der Waals surface area contributed by atoms with Gasteiger partial charge in [-0.15, -0.1) is 0 Å². The van der Waals surface area contributed by atoms with Crippen molar-refractivity contribution in [3.8, 4) is 11.5 Å². The van der Waals surface area contributed by atoms with Gasteiger partial charge in [-0.05, 0) is 63.5 Å². The predicted octanol–water partition coefficient (Wildman–Crippen LogP) is 6.41. The third kappa shape index (κ3) is 5.02. The Morgan fingerprint density at radius 1 is 0.885 bits per heavy atom. The molecule has 0 bridgehead atoms. The van der Waals surface area contributed by atoms with Gasteiger partial charge in [-0.25, -0.2) is 0 Å². The van der Waals surface area contributed by atoms with Crippen LogP contribution in [0.3, 0.4) is 0 Å². The number of ether oxygens (including phenoxy) is 2. The molecule has 0 unspecified atom stereocenters. The zero-order valence-corrected chi connectivity index (χ0v) is 17.5. The smallest absolute Gasteiger partial charge is 0.175 e. The Hall–Kier alpha value is -1.98. The van der Waals surface area contributed by atoms with E-state index in [1.54, 1.807) is 7.11 Å². The van der Waals surface area contributed by atoms with E-state index >= 15 is 0 Å². The van der Waals surface area contributed by atoms with Gasteiger partial charge in [-0.2, -0.15) is 0 Å². The van der Waals surface area contributed by atoms with Crippen molar-refractivity contribution in [1.29, 1.82) is 0 Å². The summed E-state index contributed by atoms with van der Waals surface area (Å²) in [5, 5.41) is 3.41. The van der Waals surface area contributed by atoms with Crippen LogP contribution in [0.15, 0.2) is 75.7 Å². The van der Waals surface area contributed by atoms with Crippen LogP contribution < -0.4 is 14.8 Å². The summed E-state index contributed by atoms with van der Waals surface area (Å²) in [5.41, 5.74) is 3.28. The third-order valence-electron chi connectivity index (χ3n) is 3.86. The van der Waals surface area contributed by atoms with Crippen LogP contribution in [-0.4, -0.2) is 7.11 Å². The van der Waals surface area contributed by atoms with Gasteiger partial charge in [0, 0.05) is 16.7 Å². The average Bonchev–Trinajstić information content (AvgIpc) is 2.67. The summed E-state index contributed by atoms with van der Waals surface area (Å²) in [6, 6.07) is 22.2. The summed E-state index contributed by atoms with van der Waals surface area (Å²) in [5.74, 6) is 1.42. The van der Waals surface area contributed by atoms with E-state index in [0.717, 1.165) is 25.8 Å². The average molecular weight is 477 g/mol. The van der Waals surface area contributed by atoms with Gasteiger partial charge in [0.15, 0.2) is 11.5 Å². The van der Waals surface area contributed by atoms with Crippen molar-refractivity contribution in [2.75, 3.05) is 12.4 Å². The van der Waals surface area contributed by atoms with Crippen molar-refractivity contribution in [3.63, 3.8) is 0 Å². The summed E-state index contributed by atoms with van der Waals surface area (Å²) in [6.45, 7) is 1.18. The fourth-order valence-electron chi connectivity index (χ4n) is 2.52. The molecule has 1 N–H and O–H groups in total. The number of hydrogen-bond donors (Lipinski definition) is 1.